The maximum absolute atomic E-state index is 12.9. The van der Waals surface area contributed by atoms with E-state index in [1.807, 2.05) is 11.8 Å². The number of rotatable bonds is 18. The molecule has 0 saturated carbocycles. The lowest BCUT2D eigenvalue weighted by Crippen LogP contribution is -2.50. The Balaban J connectivity index is 1.60. The van der Waals surface area contributed by atoms with Gasteiger partial charge < -0.3 is 25.0 Å². The van der Waals surface area contributed by atoms with E-state index in [0.29, 0.717) is 23.1 Å². The summed E-state index contributed by atoms with van der Waals surface area (Å²) in [6.07, 6.45) is 2.58. The van der Waals surface area contributed by atoms with Crippen LogP contribution in [0.2, 0.25) is 0 Å². The molecule has 5 N–H and O–H groups in total. The Bertz CT molecular complexity index is 1640. The van der Waals surface area contributed by atoms with Crippen LogP contribution in [0.3, 0.4) is 0 Å². The molecule has 0 spiro atoms. The summed E-state index contributed by atoms with van der Waals surface area (Å²) < 4.78 is 11.1. The SMILES string of the molecule is CC(C(=O)OC(C)(C)C)c1ccc(O)c(CNCN(CC(=O)OC(C)(C)C)C(C)NCc2cc(CCC(=O)NCCN3C(=O)C=CC3=O)ccc2O)c1. The van der Waals surface area contributed by atoms with Gasteiger partial charge in [0, 0.05) is 55.9 Å². The van der Waals surface area contributed by atoms with Crippen molar-refractivity contribution in [1.29, 1.82) is 0 Å². The monoisotopic (exact) mass is 737 g/mol. The third-order valence-corrected chi connectivity index (χ3v) is 8.22. The number of phenolic OH excluding ortho intramolecular Hbond substituents is 2. The molecule has 0 radical (unpaired) electrons. The molecule has 1 aliphatic rings. The second kappa shape index (κ2) is 18.8. The lowest BCUT2D eigenvalue weighted by Gasteiger charge is -2.31. The van der Waals surface area contributed by atoms with Gasteiger partial charge in [-0.2, -0.15) is 0 Å². The number of carbonyl (C=O) groups is 5. The highest BCUT2D eigenvalue weighted by Crippen LogP contribution is 2.26. The summed E-state index contributed by atoms with van der Waals surface area (Å²) in [4.78, 5) is 64.2. The molecule has 0 fully saturated rings. The first-order valence-electron chi connectivity index (χ1n) is 17.8. The average molecular weight is 738 g/mol. The number of hydrogen-bond acceptors (Lipinski definition) is 12. The van der Waals surface area contributed by atoms with Crippen molar-refractivity contribution in [3.63, 3.8) is 0 Å². The quantitative estimate of drug-likeness (QED) is 0.0855. The van der Waals surface area contributed by atoms with Gasteiger partial charge in [-0.15, -0.1) is 0 Å². The van der Waals surface area contributed by atoms with Gasteiger partial charge in [-0.05, 0) is 91.1 Å². The fourth-order valence-electron chi connectivity index (χ4n) is 5.37. The lowest BCUT2D eigenvalue weighted by molar-refractivity contribution is -0.157. The minimum absolute atomic E-state index is 0.0577. The van der Waals surface area contributed by atoms with E-state index in [1.54, 1.807) is 84.9 Å². The van der Waals surface area contributed by atoms with Crippen molar-refractivity contribution in [3.8, 4) is 11.5 Å². The van der Waals surface area contributed by atoms with Crippen LogP contribution in [0, 0.1) is 0 Å². The van der Waals surface area contributed by atoms with E-state index >= 15 is 0 Å². The van der Waals surface area contributed by atoms with Crippen LogP contribution in [0.1, 0.15) is 90.0 Å². The molecule has 1 heterocycles. The first kappa shape index (κ1) is 42.6. The van der Waals surface area contributed by atoms with Crippen molar-refractivity contribution in [2.75, 3.05) is 26.3 Å². The minimum atomic E-state index is -0.684. The number of aryl methyl sites for hydroxylation is 1. The van der Waals surface area contributed by atoms with E-state index in [1.165, 1.54) is 12.2 Å². The zero-order chi connectivity index (χ0) is 39.5. The van der Waals surface area contributed by atoms with Crippen molar-refractivity contribution in [2.45, 2.75) is 105 Å². The number of imide groups is 1. The van der Waals surface area contributed by atoms with Gasteiger partial charge in [-0.1, -0.05) is 18.2 Å². The predicted molar refractivity (Wildman–Crippen MR) is 198 cm³/mol. The van der Waals surface area contributed by atoms with E-state index in [0.717, 1.165) is 10.5 Å². The van der Waals surface area contributed by atoms with Crippen molar-refractivity contribution >= 4 is 29.7 Å². The highest BCUT2D eigenvalue weighted by molar-refractivity contribution is 6.12. The molecule has 1 aliphatic heterocycles. The number of ether oxygens (including phenoxy) is 2. The van der Waals surface area contributed by atoms with Gasteiger partial charge in [-0.25, -0.2) is 0 Å². The second-order valence-corrected chi connectivity index (χ2v) is 15.1. The number of carbonyl (C=O) groups excluding carboxylic acids is 5. The zero-order valence-electron chi connectivity index (χ0n) is 32.1. The number of nitrogens with zero attached hydrogens (tertiary/aromatic N) is 2. The van der Waals surface area contributed by atoms with E-state index in [-0.39, 0.29) is 75.4 Å². The Morgan fingerprint density at radius 1 is 0.849 bits per heavy atom. The number of nitrogens with one attached hydrogen (secondary N) is 3. The molecule has 3 rings (SSSR count). The van der Waals surface area contributed by atoms with Gasteiger partial charge in [-0.3, -0.25) is 44.4 Å². The molecule has 14 nitrogen and oxygen atoms in total. The molecule has 14 heteroatoms. The van der Waals surface area contributed by atoms with Crippen molar-refractivity contribution < 1.29 is 43.7 Å². The summed E-state index contributed by atoms with van der Waals surface area (Å²) in [6, 6.07) is 10.1. The van der Waals surface area contributed by atoms with Crippen LogP contribution in [-0.2, 0) is 53.0 Å². The zero-order valence-corrected chi connectivity index (χ0v) is 32.1. The van der Waals surface area contributed by atoms with Crippen LogP contribution in [0.25, 0.3) is 0 Å². The van der Waals surface area contributed by atoms with E-state index in [2.05, 4.69) is 16.0 Å². The van der Waals surface area contributed by atoms with Crippen LogP contribution in [-0.4, -0.2) is 93.3 Å². The minimum Gasteiger partial charge on any atom is -0.508 e. The number of benzene rings is 2. The number of esters is 2. The van der Waals surface area contributed by atoms with Crippen molar-refractivity contribution in [1.82, 2.24) is 25.8 Å². The van der Waals surface area contributed by atoms with E-state index < -0.39 is 34.9 Å². The molecule has 0 saturated heterocycles. The van der Waals surface area contributed by atoms with Gasteiger partial charge in [0.15, 0.2) is 0 Å². The van der Waals surface area contributed by atoms with E-state index in [9.17, 15) is 34.2 Å². The van der Waals surface area contributed by atoms with Crippen molar-refractivity contribution in [2.24, 2.45) is 0 Å². The smallest absolute Gasteiger partial charge is 0.320 e. The van der Waals surface area contributed by atoms with Crippen molar-refractivity contribution in [3.05, 3.63) is 70.8 Å². The molecule has 3 amide bonds. The second-order valence-electron chi connectivity index (χ2n) is 15.1. The number of aromatic hydroxyl groups is 2. The van der Waals surface area contributed by atoms with Gasteiger partial charge in [0.1, 0.15) is 22.7 Å². The molecule has 2 aromatic rings. The fraction of sp³-hybridized carbons (Fsp3) is 0.513. The maximum atomic E-state index is 12.9. The molecule has 0 bridgehead atoms. The lowest BCUT2D eigenvalue weighted by atomic mass is 9.98. The molecular weight excluding hydrogens is 682 g/mol. The largest absolute Gasteiger partial charge is 0.508 e. The summed E-state index contributed by atoms with van der Waals surface area (Å²) in [5.41, 5.74) is 1.38. The molecule has 0 aliphatic carbocycles. The molecule has 2 unspecified atom stereocenters. The summed E-state index contributed by atoms with van der Waals surface area (Å²) in [6.45, 7) is 15.3. The fourth-order valence-corrected chi connectivity index (χ4v) is 5.37. The van der Waals surface area contributed by atoms with Gasteiger partial charge in [0.25, 0.3) is 11.8 Å². The van der Waals surface area contributed by atoms with Gasteiger partial charge in [0.2, 0.25) is 5.91 Å². The topological polar surface area (TPSA) is 187 Å². The Hall–Kier alpha value is -4.79. The summed E-state index contributed by atoms with van der Waals surface area (Å²) in [5, 5.41) is 30.5. The van der Waals surface area contributed by atoms with Crippen LogP contribution >= 0.6 is 0 Å². The van der Waals surface area contributed by atoms with E-state index in [4.69, 9.17) is 9.47 Å². The Morgan fingerprint density at radius 3 is 2.08 bits per heavy atom. The number of phenols is 2. The molecular formula is C39H55N5O9. The van der Waals surface area contributed by atoms with Gasteiger partial charge >= 0.3 is 11.9 Å². The molecule has 2 aromatic carbocycles. The van der Waals surface area contributed by atoms with Crippen LogP contribution in [0.15, 0.2) is 48.6 Å². The third kappa shape index (κ3) is 14.3. The Morgan fingerprint density at radius 2 is 1.45 bits per heavy atom. The number of amides is 3. The molecule has 290 valence electrons. The summed E-state index contributed by atoms with van der Waals surface area (Å²) >= 11 is 0. The van der Waals surface area contributed by atoms with Crippen LogP contribution < -0.4 is 16.0 Å². The maximum Gasteiger partial charge on any atom is 0.320 e. The number of hydrogen-bond donors (Lipinski definition) is 5. The normalized spacial score (nSPS) is 14.4. The summed E-state index contributed by atoms with van der Waals surface area (Å²) in [7, 11) is 0. The summed E-state index contributed by atoms with van der Waals surface area (Å²) in [5.74, 6) is -2.25. The molecule has 0 aromatic heterocycles. The molecule has 53 heavy (non-hydrogen) atoms. The Kier molecular flexibility index (Phi) is 15.1. The highest BCUT2D eigenvalue weighted by Gasteiger charge is 2.25. The predicted octanol–water partition coefficient (Wildman–Crippen LogP) is 3.34. The molecule has 2 atom stereocenters. The highest BCUT2D eigenvalue weighted by atomic mass is 16.6. The van der Waals surface area contributed by atoms with Gasteiger partial charge in [0.05, 0.1) is 25.3 Å². The Labute approximate surface area is 311 Å². The van der Waals surface area contributed by atoms with Crippen LogP contribution in [0.4, 0.5) is 0 Å². The first-order valence-corrected chi connectivity index (χ1v) is 17.8. The average Bonchev–Trinajstić information content (AvgIpc) is 3.38. The standard InChI is InChI=1S/C39H55N5O9/c1-25(37(51)53-39(6,7)8)28-11-13-32(46)30(20-28)21-40-24-43(23-36(50)52-38(3,4)5)26(2)42-22-29-19-27(9-12-31(29)45)10-14-33(47)41-17-18-44-34(48)15-16-35(44)49/h9,11-13,15-16,19-20,25-26,40,42,45-46H,10,14,17-18,21-24H2,1-8H3,(H,41,47). The van der Waals surface area contributed by atoms with Crippen LogP contribution in [0.5, 0.6) is 11.5 Å². The first-order chi connectivity index (χ1) is 24.7. The third-order valence-electron chi connectivity index (χ3n) is 8.22.